The van der Waals surface area contributed by atoms with Gasteiger partial charge in [0.05, 0.1) is 6.42 Å². The zero-order valence-corrected chi connectivity index (χ0v) is 10.7. The summed E-state index contributed by atoms with van der Waals surface area (Å²) in [6.07, 6.45) is 1.94. The number of thioether (sulfide) groups is 1. The summed E-state index contributed by atoms with van der Waals surface area (Å²) < 4.78 is 0. The lowest BCUT2D eigenvalue weighted by atomic mass is 10.2. The van der Waals surface area contributed by atoms with Crippen LogP contribution in [0.3, 0.4) is 0 Å². The van der Waals surface area contributed by atoms with Crippen molar-refractivity contribution in [3.8, 4) is 0 Å². The molecule has 0 amide bonds. The molecular weight excluding hydrogens is 264 g/mol. The number of hydrogen-bond acceptors (Lipinski definition) is 6. The predicted octanol–water partition coefficient (Wildman–Crippen LogP) is -0.976. The highest BCUT2D eigenvalue weighted by atomic mass is 32.2. The first-order valence-corrected chi connectivity index (χ1v) is 6.29. The number of carboxylic acid groups (broad SMARTS) is 3. The molecule has 0 aliphatic rings. The zero-order chi connectivity index (χ0) is 14.7. The van der Waals surface area contributed by atoms with Gasteiger partial charge in [0.25, 0.3) is 0 Å². The highest BCUT2D eigenvalue weighted by Crippen LogP contribution is 1.97. The third-order valence-electron chi connectivity index (χ3n) is 1.66. The quantitative estimate of drug-likeness (QED) is 0.394. The molecule has 106 valence electrons. The molecule has 0 aromatic carbocycles. The van der Waals surface area contributed by atoms with E-state index < -0.39 is 36.4 Å². The van der Waals surface area contributed by atoms with Crippen molar-refractivity contribution in [2.24, 2.45) is 11.5 Å². The van der Waals surface area contributed by atoms with Crippen molar-refractivity contribution in [2.75, 3.05) is 12.0 Å². The van der Waals surface area contributed by atoms with Crippen LogP contribution in [0, 0.1) is 0 Å². The second kappa shape index (κ2) is 10.8. The Balaban J connectivity index is 0. The van der Waals surface area contributed by atoms with Crippen LogP contribution in [-0.4, -0.2) is 57.3 Å². The van der Waals surface area contributed by atoms with E-state index in [1.165, 1.54) is 0 Å². The van der Waals surface area contributed by atoms with Crippen LogP contribution >= 0.6 is 11.8 Å². The monoisotopic (exact) mass is 282 g/mol. The standard InChI is InChI=1S/C5H11NO2S.C4H7NO4/c1-9-3-2-4(6)5(7)8;5-2(4(8)9)1-3(6)7/h4H,2-3,6H2,1H3,(H,7,8);2H,1,5H2,(H,6,7)(H,8,9). The number of rotatable bonds is 7. The molecule has 7 N–H and O–H groups in total. The van der Waals surface area contributed by atoms with Crippen molar-refractivity contribution >= 4 is 29.7 Å². The highest BCUT2D eigenvalue weighted by Gasteiger charge is 2.14. The van der Waals surface area contributed by atoms with Gasteiger partial charge in [-0.25, -0.2) is 0 Å². The lowest BCUT2D eigenvalue weighted by Gasteiger charge is -2.02. The first-order chi connectivity index (χ1) is 8.22. The Morgan fingerprint density at radius 2 is 1.50 bits per heavy atom. The van der Waals surface area contributed by atoms with Gasteiger partial charge in [-0.3, -0.25) is 14.4 Å². The minimum Gasteiger partial charge on any atom is -0.481 e. The summed E-state index contributed by atoms with van der Waals surface area (Å²) in [5.41, 5.74) is 10.0. The molecule has 0 saturated heterocycles. The van der Waals surface area contributed by atoms with Crippen LogP contribution in [0.15, 0.2) is 0 Å². The molecule has 0 radical (unpaired) electrons. The molecule has 8 nitrogen and oxygen atoms in total. The molecule has 2 atom stereocenters. The molecule has 0 aliphatic carbocycles. The van der Waals surface area contributed by atoms with E-state index >= 15 is 0 Å². The number of nitrogens with two attached hydrogens (primary N) is 2. The van der Waals surface area contributed by atoms with Gasteiger partial charge >= 0.3 is 17.9 Å². The molecule has 0 aromatic rings. The SMILES string of the molecule is CSCCC(N)C(=O)O.NC(CC(=O)O)C(=O)O. The molecule has 0 spiro atoms. The predicted molar refractivity (Wildman–Crippen MR) is 66.5 cm³/mol. The van der Waals surface area contributed by atoms with E-state index in [1.807, 2.05) is 6.26 Å². The van der Waals surface area contributed by atoms with E-state index in [2.05, 4.69) is 0 Å². The van der Waals surface area contributed by atoms with Gasteiger partial charge in [0, 0.05) is 0 Å². The van der Waals surface area contributed by atoms with Crippen LogP contribution in [-0.2, 0) is 14.4 Å². The number of hydrogen-bond donors (Lipinski definition) is 5. The first kappa shape index (κ1) is 19.0. The Kier molecular flexibility index (Phi) is 11.4. The maximum Gasteiger partial charge on any atom is 0.321 e. The third kappa shape index (κ3) is 12.7. The third-order valence-corrected chi connectivity index (χ3v) is 2.31. The van der Waals surface area contributed by atoms with E-state index in [4.69, 9.17) is 26.8 Å². The summed E-state index contributed by atoms with van der Waals surface area (Å²) in [6, 6.07) is -1.97. The molecule has 2 unspecified atom stereocenters. The number of aliphatic carboxylic acids is 3. The van der Waals surface area contributed by atoms with E-state index in [-0.39, 0.29) is 0 Å². The van der Waals surface area contributed by atoms with Crippen LogP contribution in [0.25, 0.3) is 0 Å². The second-order valence-electron chi connectivity index (χ2n) is 3.27. The Hall–Kier alpha value is -1.32. The minimum absolute atomic E-state index is 0.532. The average molecular weight is 282 g/mol. The topological polar surface area (TPSA) is 164 Å². The summed E-state index contributed by atoms with van der Waals surface area (Å²) >= 11 is 1.60. The molecule has 0 aromatic heterocycles. The van der Waals surface area contributed by atoms with Crippen molar-refractivity contribution in [1.82, 2.24) is 0 Å². The highest BCUT2D eigenvalue weighted by molar-refractivity contribution is 7.98. The fourth-order valence-electron chi connectivity index (χ4n) is 0.644. The van der Waals surface area contributed by atoms with E-state index in [0.717, 1.165) is 5.75 Å². The normalized spacial score (nSPS) is 12.8. The number of carbonyl (C=O) groups is 3. The van der Waals surface area contributed by atoms with Crippen molar-refractivity contribution in [3.63, 3.8) is 0 Å². The summed E-state index contributed by atoms with van der Waals surface area (Å²) in [7, 11) is 0. The van der Waals surface area contributed by atoms with Gasteiger partial charge in [0.15, 0.2) is 0 Å². The van der Waals surface area contributed by atoms with Gasteiger partial charge in [-0.15, -0.1) is 0 Å². The Bertz CT molecular complexity index is 286. The van der Waals surface area contributed by atoms with Crippen molar-refractivity contribution in [1.29, 1.82) is 0 Å². The minimum atomic E-state index is -1.29. The molecule has 18 heavy (non-hydrogen) atoms. The fraction of sp³-hybridized carbons (Fsp3) is 0.667. The van der Waals surface area contributed by atoms with Gasteiger partial charge in [-0.2, -0.15) is 11.8 Å². The van der Waals surface area contributed by atoms with Crippen LogP contribution < -0.4 is 11.5 Å². The molecule has 0 bridgehead atoms. The molecule has 9 heteroatoms. The largest absolute Gasteiger partial charge is 0.481 e. The van der Waals surface area contributed by atoms with Gasteiger partial charge in [0.2, 0.25) is 0 Å². The molecule has 0 rings (SSSR count). The van der Waals surface area contributed by atoms with Crippen LogP contribution in [0.1, 0.15) is 12.8 Å². The van der Waals surface area contributed by atoms with Crippen molar-refractivity contribution in [3.05, 3.63) is 0 Å². The summed E-state index contributed by atoms with van der Waals surface area (Å²) in [4.78, 5) is 29.7. The van der Waals surface area contributed by atoms with E-state index in [9.17, 15) is 14.4 Å². The van der Waals surface area contributed by atoms with Crippen molar-refractivity contribution in [2.45, 2.75) is 24.9 Å². The molecule has 0 fully saturated rings. The van der Waals surface area contributed by atoms with E-state index in [1.54, 1.807) is 11.8 Å². The smallest absolute Gasteiger partial charge is 0.321 e. The average Bonchev–Trinajstić information content (AvgIpc) is 2.25. The van der Waals surface area contributed by atoms with Crippen molar-refractivity contribution < 1.29 is 29.7 Å². The second-order valence-corrected chi connectivity index (χ2v) is 4.25. The summed E-state index contributed by atoms with van der Waals surface area (Å²) in [5, 5.41) is 24.3. The number of carboxylic acids is 3. The zero-order valence-electron chi connectivity index (χ0n) is 9.91. The van der Waals surface area contributed by atoms with E-state index in [0.29, 0.717) is 6.42 Å². The van der Waals surface area contributed by atoms with Gasteiger partial charge in [0.1, 0.15) is 12.1 Å². The molecular formula is C9H18N2O6S. The van der Waals surface area contributed by atoms with Crippen LogP contribution in [0.2, 0.25) is 0 Å². The molecule has 0 saturated carbocycles. The molecule has 0 heterocycles. The Labute approximate surface area is 108 Å². The van der Waals surface area contributed by atoms with Crippen LogP contribution in [0.4, 0.5) is 0 Å². The molecule has 0 aliphatic heterocycles. The lowest BCUT2D eigenvalue weighted by Crippen LogP contribution is -2.32. The summed E-state index contributed by atoms with van der Waals surface area (Å²) in [5.74, 6) is -2.60. The Morgan fingerprint density at radius 1 is 1.06 bits per heavy atom. The van der Waals surface area contributed by atoms with Crippen LogP contribution in [0.5, 0.6) is 0 Å². The van der Waals surface area contributed by atoms with Gasteiger partial charge in [-0.1, -0.05) is 0 Å². The fourth-order valence-corrected chi connectivity index (χ4v) is 1.13. The maximum absolute atomic E-state index is 10.1. The van der Waals surface area contributed by atoms with Gasteiger partial charge < -0.3 is 26.8 Å². The lowest BCUT2D eigenvalue weighted by molar-refractivity contribution is -0.144. The Morgan fingerprint density at radius 3 is 1.72 bits per heavy atom. The maximum atomic E-state index is 10.1. The first-order valence-electron chi connectivity index (χ1n) is 4.89. The van der Waals surface area contributed by atoms with Gasteiger partial charge in [-0.05, 0) is 18.4 Å². The summed E-state index contributed by atoms with van der Waals surface area (Å²) in [6.45, 7) is 0.